The summed E-state index contributed by atoms with van der Waals surface area (Å²) >= 11 is 0. The van der Waals surface area contributed by atoms with Crippen LogP contribution in [0.4, 0.5) is 5.69 Å². The molecule has 2 aromatic rings. The van der Waals surface area contributed by atoms with E-state index in [-0.39, 0.29) is 0 Å². The van der Waals surface area contributed by atoms with Gasteiger partial charge in [-0.05, 0) is 24.1 Å². The van der Waals surface area contributed by atoms with Crippen molar-refractivity contribution < 1.29 is 0 Å². The number of pyridine rings is 2. The molecule has 3 nitrogen and oxygen atoms in total. The summed E-state index contributed by atoms with van der Waals surface area (Å²) in [5.74, 6) is 5.89. The van der Waals surface area contributed by atoms with Gasteiger partial charge in [0, 0.05) is 24.2 Å². The molecule has 0 unspecified atom stereocenters. The minimum atomic E-state index is 0.523. The predicted molar refractivity (Wildman–Crippen MR) is 60.7 cm³/mol. The zero-order valence-corrected chi connectivity index (χ0v) is 8.38. The van der Waals surface area contributed by atoms with Crippen molar-refractivity contribution >= 4 is 5.69 Å². The van der Waals surface area contributed by atoms with Crippen molar-refractivity contribution in [3.8, 4) is 11.8 Å². The largest absolute Gasteiger partial charge is 0.265 e. The normalized spacial score (nSPS) is 8.69. The van der Waals surface area contributed by atoms with Crippen LogP contribution in [-0.4, -0.2) is 9.97 Å². The summed E-state index contributed by atoms with van der Waals surface area (Å²) < 4.78 is 0. The number of rotatable bonds is 0. The van der Waals surface area contributed by atoms with E-state index in [4.69, 9.17) is 6.57 Å². The van der Waals surface area contributed by atoms with Gasteiger partial charge in [-0.3, -0.25) is 9.97 Å². The molecule has 0 bridgehead atoms. The third-order valence-electron chi connectivity index (χ3n) is 1.89. The van der Waals surface area contributed by atoms with E-state index in [1.54, 1.807) is 24.5 Å². The van der Waals surface area contributed by atoms with E-state index in [1.165, 1.54) is 6.20 Å². The van der Waals surface area contributed by atoms with E-state index >= 15 is 0 Å². The van der Waals surface area contributed by atoms with Crippen molar-refractivity contribution in [2.45, 2.75) is 0 Å². The molecule has 0 saturated heterocycles. The van der Waals surface area contributed by atoms with Crippen molar-refractivity contribution in [2.24, 2.45) is 0 Å². The summed E-state index contributed by atoms with van der Waals surface area (Å²) in [6.07, 6.45) is 4.91. The Morgan fingerprint density at radius 2 is 1.88 bits per heavy atom. The van der Waals surface area contributed by atoms with Crippen molar-refractivity contribution in [3.63, 3.8) is 0 Å². The van der Waals surface area contributed by atoms with Gasteiger partial charge in [-0.1, -0.05) is 12.0 Å². The van der Waals surface area contributed by atoms with E-state index in [1.807, 2.05) is 12.1 Å². The molecule has 2 heterocycles. The van der Waals surface area contributed by atoms with Crippen LogP contribution in [0.15, 0.2) is 42.9 Å². The summed E-state index contributed by atoms with van der Waals surface area (Å²) in [7, 11) is 0. The van der Waals surface area contributed by atoms with Gasteiger partial charge in [0.2, 0.25) is 5.69 Å². The lowest BCUT2D eigenvalue weighted by molar-refractivity contribution is 1.29. The molecule has 2 aromatic heterocycles. The average Bonchev–Trinajstić information content (AvgIpc) is 2.38. The maximum atomic E-state index is 6.79. The lowest BCUT2D eigenvalue weighted by atomic mass is 10.2. The van der Waals surface area contributed by atoms with Crippen LogP contribution in [-0.2, 0) is 0 Å². The van der Waals surface area contributed by atoms with E-state index in [2.05, 4.69) is 26.7 Å². The van der Waals surface area contributed by atoms with Crippen molar-refractivity contribution in [3.05, 3.63) is 65.5 Å². The van der Waals surface area contributed by atoms with Crippen molar-refractivity contribution in [1.82, 2.24) is 9.97 Å². The molecule has 2 rings (SSSR count). The lowest BCUT2D eigenvalue weighted by Gasteiger charge is -1.90. The van der Waals surface area contributed by atoms with Crippen molar-refractivity contribution in [2.75, 3.05) is 0 Å². The summed E-state index contributed by atoms with van der Waals surface area (Å²) in [6, 6.07) is 7.11. The van der Waals surface area contributed by atoms with Gasteiger partial charge in [-0.2, -0.15) is 0 Å². The molecule has 74 valence electrons. The van der Waals surface area contributed by atoms with E-state index in [9.17, 15) is 0 Å². The Kier molecular flexibility index (Phi) is 2.92. The van der Waals surface area contributed by atoms with Gasteiger partial charge in [0.15, 0.2) is 0 Å². The second kappa shape index (κ2) is 4.72. The van der Waals surface area contributed by atoms with Crippen LogP contribution in [0.5, 0.6) is 0 Å². The summed E-state index contributed by atoms with van der Waals surface area (Å²) in [5, 5.41) is 0. The highest BCUT2D eigenvalue weighted by Gasteiger charge is 1.90. The zero-order chi connectivity index (χ0) is 11.2. The monoisotopic (exact) mass is 205 g/mol. The molecule has 0 amide bonds. The Bertz CT molecular complexity index is 569. The van der Waals surface area contributed by atoms with Gasteiger partial charge < -0.3 is 0 Å². The molecule has 0 spiro atoms. The van der Waals surface area contributed by atoms with Crippen LogP contribution in [0.2, 0.25) is 0 Å². The van der Waals surface area contributed by atoms with Gasteiger partial charge in [0.1, 0.15) is 5.69 Å². The predicted octanol–water partition coefficient (Wildman–Crippen LogP) is 2.43. The molecule has 0 saturated carbocycles. The molecule has 0 aliphatic heterocycles. The zero-order valence-electron chi connectivity index (χ0n) is 8.38. The maximum Gasteiger partial charge on any atom is 0.205 e. The van der Waals surface area contributed by atoms with Crippen LogP contribution in [0.3, 0.4) is 0 Å². The molecule has 0 N–H and O–H groups in total. The molecular weight excluding hydrogens is 198 g/mol. The quantitative estimate of drug-likeness (QED) is 0.488. The third kappa shape index (κ3) is 2.43. The fourth-order valence-electron chi connectivity index (χ4n) is 1.10. The maximum absolute atomic E-state index is 6.79. The fraction of sp³-hybridized carbons (Fsp3) is 0. The van der Waals surface area contributed by atoms with Crippen LogP contribution in [0.25, 0.3) is 4.85 Å². The molecule has 0 atom stereocenters. The Labute approximate surface area is 93.6 Å². The van der Waals surface area contributed by atoms with E-state index < -0.39 is 0 Å². The minimum absolute atomic E-state index is 0.523. The molecule has 0 aliphatic carbocycles. The highest BCUT2D eigenvalue weighted by Crippen LogP contribution is 2.08. The van der Waals surface area contributed by atoms with Gasteiger partial charge in [-0.25, -0.2) is 4.85 Å². The first-order chi connectivity index (χ1) is 7.88. The molecule has 0 aromatic carbocycles. The number of hydrogen-bond donors (Lipinski definition) is 0. The standard InChI is InChI=1S/C13H7N3/c1-14-13-5-4-12(16-10-13)3-2-11-6-8-15-9-7-11/h4-10H. The van der Waals surface area contributed by atoms with Crippen LogP contribution in [0.1, 0.15) is 11.3 Å². The van der Waals surface area contributed by atoms with Gasteiger partial charge in [0.25, 0.3) is 0 Å². The molecule has 0 fully saturated rings. The fourth-order valence-corrected chi connectivity index (χ4v) is 1.10. The Morgan fingerprint density at radius 3 is 2.50 bits per heavy atom. The molecule has 0 radical (unpaired) electrons. The highest BCUT2D eigenvalue weighted by atomic mass is 14.7. The third-order valence-corrected chi connectivity index (χ3v) is 1.89. The summed E-state index contributed by atoms with van der Waals surface area (Å²) in [4.78, 5) is 11.2. The smallest absolute Gasteiger partial charge is 0.205 e. The van der Waals surface area contributed by atoms with Crippen LogP contribution >= 0.6 is 0 Å². The van der Waals surface area contributed by atoms with E-state index in [0.29, 0.717) is 11.4 Å². The summed E-state index contributed by atoms with van der Waals surface area (Å²) in [6.45, 7) is 6.79. The van der Waals surface area contributed by atoms with Gasteiger partial charge in [-0.15, -0.1) is 0 Å². The van der Waals surface area contributed by atoms with Gasteiger partial charge >= 0.3 is 0 Å². The second-order valence-corrected chi connectivity index (χ2v) is 3.00. The second-order valence-electron chi connectivity index (χ2n) is 3.00. The number of aromatic nitrogens is 2. The molecule has 0 aliphatic rings. The minimum Gasteiger partial charge on any atom is -0.265 e. The Balaban J connectivity index is 2.22. The van der Waals surface area contributed by atoms with Crippen LogP contribution in [0, 0.1) is 18.4 Å². The first-order valence-electron chi connectivity index (χ1n) is 4.64. The number of nitrogens with zero attached hydrogens (tertiary/aromatic N) is 3. The Morgan fingerprint density at radius 1 is 1.06 bits per heavy atom. The Hall–Kier alpha value is -2.65. The first-order valence-corrected chi connectivity index (χ1v) is 4.64. The van der Waals surface area contributed by atoms with Crippen LogP contribution < -0.4 is 0 Å². The van der Waals surface area contributed by atoms with E-state index in [0.717, 1.165) is 5.56 Å². The average molecular weight is 205 g/mol. The highest BCUT2D eigenvalue weighted by molar-refractivity contribution is 5.45. The van der Waals surface area contributed by atoms with Crippen molar-refractivity contribution in [1.29, 1.82) is 0 Å². The summed E-state index contributed by atoms with van der Waals surface area (Å²) in [5.41, 5.74) is 2.07. The number of hydrogen-bond acceptors (Lipinski definition) is 2. The lowest BCUT2D eigenvalue weighted by Crippen LogP contribution is -1.80. The SMILES string of the molecule is [C-]#[N+]c1ccc(C#Cc2ccncc2)nc1. The topological polar surface area (TPSA) is 30.1 Å². The van der Waals surface area contributed by atoms with Gasteiger partial charge in [0.05, 0.1) is 6.57 Å². The first kappa shape index (κ1) is 9.89. The molecular formula is C13H7N3. The molecule has 3 heteroatoms. The molecule has 16 heavy (non-hydrogen) atoms.